The average Bonchev–Trinajstić information content (AvgIpc) is 2.95. The van der Waals surface area contributed by atoms with Crippen LogP contribution in [0.1, 0.15) is 41.0 Å². The Morgan fingerprint density at radius 3 is 1.86 bits per heavy atom. The van der Waals surface area contributed by atoms with E-state index >= 15 is 0 Å². The summed E-state index contributed by atoms with van der Waals surface area (Å²) < 4.78 is 11.7. The van der Waals surface area contributed by atoms with Crippen molar-refractivity contribution in [2.24, 2.45) is 5.92 Å². The number of hydrogen-bond donors (Lipinski definition) is 0. The molecule has 5 rings (SSSR count). The first-order chi connectivity index (χ1) is 17.8. The SMILES string of the molecule is COc1ccc(CN2CCC(C(c3ccccc3)c3ccccc3)CC2)cc1OCc1ccccc1. The fourth-order valence-electron chi connectivity index (χ4n) is 5.43. The third-order valence-corrected chi connectivity index (χ3v) is 7.29. The lowest BCUT2D eigenvalue weighted by molar-refractivity contribution is 0.168. The predicted octanol–water partition coefficient (Wildman–Crippen LogP) is 7.32. The molecule has 1 saturated heterocycles. The summed E-state index contributed by atoms with van der Waals surface area (Å²) in [6.45, 7) is 3.67. The van der Waals surface area contributed by atoms with Crippen LogP contribution in [0.25, 0.3) is 0 Å². The fraction of sp³-hybridized carbons (Fsp3) is 0.273. The van der Waals surface area contributed by atoms with E-state index in [4.69, 9.17) is 9.47 Å². The number of hydrogen-bond acceptors (Lipinski definition) is 3. The Kier molecular flexibility index (Phi) is 7.99. The second-order valence-electron chi connectivity index (χ2n) is 9.67. The van der Waals surface area contributed by atoms with E-state index in [2.05, 4.69) is 89.8 Å². The lowest BCUT2D eigenvalue weighted by Gasteiger charge is -2.36. The third-order valence-electron chi connectivity index (χ3n) is 7.29. The minimum Gasteiger partial charge on any atom is -0.493 e. The van der Waals surface area contributed by atoms with Crippen molar-refractivity contribution in [3.63, 3.8) is 0 Å². The van der Waals surface area contributed by atoms with Gasteiger partial charge >= 0.3 is 0 Å². The molecule has 1 heterocycles. The number of likely N-dealkylation sites (tertiary alicyclic amines) is 1. The molecule has 3 heteroatoms. The smallest absolute Gasteiger partial charge is 0.161 e. The number of piperidine rings is 1. The highest BCUT2D eigenvalue weighted by molar-refractivity contribution is 5.43. The monoisotopic (exact) mass is 477 g/mol. The van der Waals surface area contributed by atoms with Gasteiger partial charge in [0.05, 0.1) is 7.11 Å². The lowest BCUT2D eigenvalue weighted by Crippen LogP contribution is -2.35. The van der Waals surface area contributed by atoms with Crippen molar-refractivity contribution in [1.29, 1.82) is 0 Å². The Balaban J connectivity index is 1.24. The quantitative estimate of drug-likeness (QED) is 0.252. The third kappa shape index (κ3) is 5.98. The zero-order valence-electron chi connectivity index (χ0n) is 21.1. The molecule has 4 aromatic rings. The maximum absolute atomic E-state index is 6.15. The van der Waals surface area contributed by atoms with Gasteiger partial charge in [0.25, 0.3) is 0 Å². The molecule has 0 atom stereocenters. The second-order valence-corrected chi connectivity index (χ2v) is 9.67. The highest BCUT2D eigenvalue weighted by Crippen LogP contribution is 2.38. The van der Waals surface area contributed by atoms with Crippen LogP contribution in [0.15, 0.2) is 109 Å². The Labute approximate surface area is 215 Å². The first kappa shape index (κ1) is 24.1. The molecule has 1 aliphatic heterocycles. The molecule has 0 unspecified atom stereocenters. The molecule has 0 aliphatic carbocycles. The van der Waals surface area contributed by atoms with Gasteiger partial charge in [-0.15, -0.1) is 0 Å². The van der Waals surface area contributed by atoms with Gasteiger partial charge in [-0.3, -0.25) is 4.90 Å². The van der Waals surface area contributed by atoms with E-state index in [1.165, 1.54) is 29.5 Å². The molecule has 0 N–H and O–H groups in total. The summed E-state index contributed by atoms with van der Waals surface area (Å²) in [5.41, 5.74) is 5.27. The molecule has 36 heavy (non-hydrogen) atoms. The molecule has 0 saturated carbocycles. The van der Waals surface area contributed by atoms with Crippen LogP contribution in [0.2, 0.25) is 0 Å². The number of benzene rings is 4. The van der Waals surface area contributed by atoms with Gasteiger partial charge in [-0.1, -0.05) is 97.1 Å². The van der Waals surface area contributed by atoms with Gasteiger partial charge in [-0.25, -0.2) is 0 Å². The van der Waals surface area contributed by atoms with Gasteiger partial charge in [0.1, 0.15) is 6.61 Å². The average molecular weight is 478 g/mol. The summed E-state index contributed by atoms with van der Waals surface area (Å²) in [6.07, 6.45) is 2.39. The van der Waals surface area contributed by atoms with Gasteiger partial charge in [0.15, 0.2) is 11.5 Å². The van der Waals surface area contributed by atoms with Gasteiger partial charge in [0.2, 0.25) is 0 Å². The van der Waals surface area contributed by atoms with Crippen LogP contribution in [-0.4, -0.2) is 25.1 Å². The number of rotatable bonds is 9. The van der Waals surface area contributed by atoms with Crippen molar-refractivity contribution in [3.8, 4) is 11.5 Å². The normalized spacial score (nSPS) is 14.6. The van der Waals surface area contributed by atoms with Gasteiger partial charge < -0.3 is 9.47 Å². The Morgan fingerprint density at radius 2 is 1.28 bits per heavy atom. The summed E-state index contributed by atoms with van der Waals surface area (Å²) in [6, 6.07) is 38.7. The van der Waals surface area contributed by atoms with Crippen molar-refractivity contribution in [2.45, 2.75) is 31.9 Å². The first-order valence-electron chi connectivity index (χ1n) is 13.0. The Bertz CT molecular complexity index is 1160. The van der Waals surface area contributed by atoms with Crippen LogP contribution in [0.3, 0.4) is 0 Å². The predicted molar refractivity (Wildman–Crippen MR) is 146 cm³/mol. The Hall–Kier alpha value is -3.56. The number of nitrogens with zero attached hydrogens (tertiary/aromatic N) is 1. The fourth-order valence-corrected chi connectivity index (χ4v) is 5.43. The molecule has 184 valence electrons. The van der Waals surface area contributed by atoms with E-state index in [-0.39, 0.29) is 0 Å². The van der Waals surface area contributed by atoms with Gasteiger partial charge in [-0.05, 0) is 66.2 Å². The summed E-state index contributed by atoms with van der Waals surface area (Å²) >= 11 is 0. The maximum atomic E-state index is 6.15. The summed E-state index contributed by atoms with van der Waals surface area (Å²) in [5.74, 6) is 2.68. The van der Waals surface area contributed by atoms with E-state index in [0.29, 0.717) is 18.4 Å². The van der Waals surface area contributed by atoms with E-state index in [0.717, 1.165) is 36.7 Å². The zero-order chi connectivity index (χ0) is 24.6. The van der Waals surface area contributed by atoms with Crippen LogP contribution < -0.4 is 9.47 Å². The van der Waals surface area contributed by atoms with Gasteiger partial charge in [-0.2, -0.15) is 0 Å². The Morgan fingerprint density at radius 1 is 0.694 bits per heavy atom. The molecule has 0 spiro atoms. The van der Waals surface area contributed by atoms with Crippen LogP contribution in [-0.2, 0) is 13.2 Å². The molecule has 0 amide bonds. The summed E-state index contributed by atoms with van der Waals surface area (Å²) in [7, 11) is 1.70. The lowest BCUT2D eigenvalue weighted by atomic mass is 9.76. The molecule has 1 fully saturated rings. The maximum Gasteiger partial charge on any atom is 0.161 e. The van der Waals surface area contributed by atoms with Gasteiger partial charge in [0, 0.05) is 12.5 Å². The van der Waals surface area contributed by atoms with Crippen LogP contribution >= 0.6 is 0 Å². The molecule has 1 aliphatic rings. The van der Waals surface area contributed by atoms with Crippen molar-refractivity contribution in [1.82, 2.24) is 4.90 Å². The number of ether oxygens (including phenoxy) is 2. The largest absolute Gasteiger partial charge is 0.493 e. The van der Waals surface area contributed by atoms with E-state index in [9.17, 15) is 0 Å². The zero-order valence-corrected chi connectivity index (χ0v) is 21.1. The highest BCUT2D eigenvalue weighted by atomic mass is 16.5. The summed E-state index contributed by atoms with van der Waals surface area (Å²) in [5, 5.41) is 0. The van der Waals surface area contributed by atoms with E-state index in [1.54, 1.807) is 7.11 Å². The topological polar surface area (TPSA) is 21.7 Å². The molecular formula is C33H35NO2. The molecule has 0 bridgehead atoms. The first-order valence-corrected chi connectivity index (χ1v) is 13.0. The highest BCUT2D eigenvalue weighted by Gasteiger charge is 2.29. The van der Waals surface area contributed by atoms with Crippen molar-refractivity contribution >= 4 is 0 Å². The van der Waals surface area contributed by atoms with E-state index < -0.39 is 0 Å². The molecule has 3 nitrogen and oxygen atoms in total. The van der Waals surface area contributed by atoms with Crippen LogP contribution in [0, 0.1) is 5.92 Å². The molecule has 0 aromatic heterocycles. The van der Waals surface area contributed by atoms with Crippen LogP contribution in [0.4, 0.5) is 0 Å². The minimum atomic E-state index is 0.452. The molecule has 0 radical (unpaired) electrons. The standard InChI is InChI=1S/C33H35NO2/c1-35-31-18-17-27(23-32(31)36-25-26-11-5-2-6-12-26)24-34-21-19-30(20-22-34)33(28-13-7-3-8-14-28)29-15-9-4-10-16-29/h2-18,23,30,33H,19-22,24-25H2,1H3. The molecular weight excluding hydrogens is 442 g/mol. The van der Waals surface area contributed by atoms with Crippen molar-refractivity contribution < 1.29 is 9.47 Å². The second kappa shape index (κ2) is 11.9. The summed E-state index contributed by atoms with van der Waals surface area (Å²) in [4.78, 5) is 2.58. The van der Waals surface area contributed by atoms with E-state index in [1.807, 2.05) is 24.3 Å². The van der Waals surface area contributed by atoms with Crippen molar-refractivity contribution in [3.05, 3.63) is 131 Å². The molecule has 4 aromatic carbocycles. The van der Waals surface area contributed by atoms with Crippen molar-refractivity contribution in [2.75, 3.05) is 20.2 Å². The minimum absolute atomic E-state index is 0.452. The number of methoxy groups -OCH3 is 1. The van der Waals surface area contributed by atoms with Crippen LogP contribution in [0.5, 0.6) is 11.5 Å².